The van der Waals surface area contributed by atoms with E-state index < -0.39 is 0 Å². The van der Waals surface area contributed by atoms with Gasteiger partial charge in [0.1, 0.15) is 17.6 Å². The Kier molecular flexibility index (Phi) is 2.42. The lowest BCUT2D eigenvalue weighted by Gasteiger charge is -2.26. The van der Waals surface area contributed by atoms with E-state index >= 15 is 0 Å². The number of ether oxygens (including phenoxy) is 2. The highest BCUT2D eigenvalue weighted by Gasteiger charge is 2.37. The summed E-state index contributed by atoms with van der Waals surface area (Å²) in [7, 11) is 1.63. The van der Waals surface area contributed by atoms with Crippen molar-refractivity contribution >= 4 is 5.71 Å². The molecule has 1 aromatic carbocycles. The van der Waals surface area contributed by atoms with Gasteiger partial charge in [0.15, 0.2) is 0 Å². The van der Waals surface area contributed by atoms with Crippen LogP contribution in [0.2, 0.25) is 0 Å². The fourth-order valence-electron chi connectivity index (χ4n) is 2.30. The molecule has 1 atom stereocenters. The predicted molar refractivity (Wildman–Crippen MR) is 63.1 cm³/mol. The van der Waals surface area contributed by atoms with Crippen molar-refractivity contribution < 1.29 is 14.7 Å². The van der Waals surface area contributed by atoms with Gasteiger partial charge in [-0.1, -0.05) is 5.16 Å². The first-order valence-corrected chi connectivity index (χ1v) is 5.88. The van der Waals surface area contributed by atoms with Gasteiger partial charge in [-0.05, 0) is 30.9 Å². The van der Waals surface area contributed by atoms with Gasteiger partial charge in [0.05, 0.1) is 12.8 Å². The second-order valence-corrected chi connectivity index (χ2v) is 4.61. The first kappa shape index (κ1) is 10.4. The van der Waals surface area contributed by atoms with Gasteiger partial charge in [0, 0.05) is 18.1 Å². The standard InChI is InChI=1S/C13H15NO3/c1-16-9-4-5-10-11(14-15)7-12(8-2-3-8)17-13(10)6-9/h4-6,8,12,15H,2-3,7H2,1H3/b14-11-/t12-/m0/s1. The van der Waals surface area contributed by atoms with Gasteiger partial charge in [-0.3, -0.25) is 0 Å². The third-order valence-corrected chi connectivity index (χ3v) is 3.44. The second kappa shape index (κ2) is 3.95. The molecule has 0 spiro atoms. The van der Waals surface area contributed by atoms with Gasteiger partial charge >= 0.3 is 0 Å². The number of hydrogen-bond donors (Lipinski definition) is 1. The van der Waals surface area contributed by atoms with Crippen LogP contribution in [-0.2, 0) is 0 Å². The number of fused-ring (bicyclic) bond motifs is 1. The Labute approximate surface area is 99.8 Å². The fourth-order valence-corrected chi connectivity index (χ4v) is 2.30. The Hall–Kier alpha value is -1.71. The van der Waals surface area contributed by atoms with E-state index in [0.717, 1.165) is 17.1 Å². The van der Waals surface area contributed by atoms with Gasteiger partial charge in [-0.25, -0.2) is 0 Å². The molecule has 1 N–H and O–H groups in total. The van der Waals surface area contributed by atoms with Crippen LogP contribution in [0.3, 0.4) is 0 Å². The Morgan fingerprint density at radius 1 is 1.41 bits per heavy atom. The highest BCUT2D eigenvalue weighted by Crippen LogP contribution is 2.41. The molecule has 0 unspecified atom stereocenters. The van der Waals surface area contributed by atoms with E-state index in [1.165, 1.54) is 12.8 Å². The highest BCUT2D eigenvalue weighted by molar-refractivity contribution is 6.03. The zero-order chi connectivity index (χ0) is 11.8. The van der Waals surface area contributed by atoms with E-state index in [4.69, 9.17) is 14.7 Å². The normalized spacial score (nSPS) is 25.2. The summed E-state index contributed by atoms with van der Waals surface area (Å²) < 4.78 is 11.1. The first-order valence-electron chi connectivity index (χ1n) is 5.88. The maximum absolute atomic E-state index is 9.09. The topological polar surface area (TPSA) is 51.0 Å². The van der Waals surface area contributed by atoms with Crippen LogP contribution in [0.1, 0.15) is 24.8 Å². The van der Waals surface area contributed by atoms with Crippen molar-refractivity contribution in [3.05, 3.63) is 23.8 Å². The minimum Gasteiger partial charge on any atom is -0.497 e. The Bertz CT molecular complexity index is 466. The van der Waals surface area contributed by atoms with E-state index in [1.54, 1.807) is 7.11 Å². The lowest BCUT2D eigenvalue weighted by Crippen LogP contribution is -2.29. The molecule has 3 rings (SSSR count). The number of benzene rings is 1. The molecular formula is C13H15NO3. The molecule has 90 valence electrons. The Balaban J connectivity index is 1.98. The van der Waals surface area contributed by atoms with Gasteiger partial charge in [-0.15, -0.1) is 0 Å². The first-order chi connectivity index (χ1) is 8.31. The maximum Gasteiger partial charge on any atom is 0.132 e. The van der Waals surface area contributed by atoms with Crippen LogP contribution in [0.5, 0.6) is 11.5 Å². The molecule has 17 heavy (non-hydrogen) atoms. The Morgan fingerprint density at radius 3 is 2.88 bits per heavy atom. The average molecular weight is 233 g/mol. The lowest BCUT2D eigenvalue weighted by atomic mass is 9.97. The molecule has 2 aliphatic rings. The van der Waals surface area contributed by atoms with Crippen LogP contribution in [-0.4, -0.2) is 24.1 Å². The molecule has 0 bridgehead atoms. The van der Waals surface area contributed by atoms with Crippen molar-refractivity contribution in [2.45, 2.75) is 25.4 Å². The molecule has 0 aromatic heterocycles. The summed E-state index contributed by atoms with van der Waals surface area (Å²) in [6.07, 6.45) is 3.27. The van der Waals surface area contributed by atoms with Crippen LogP contribution in [0.4, 0.5) is 0 Å². The minimum atomic E-state index is 0.153. The van der Waals surface area contributed by atoms with Crippen LogP contribution < -0.4 is 9.47 Å². The summed E-state index contributed by atoms with van der Waals surface area (Å²) in [5, 5.41) is 12.5. The van der Waals surface area contributed by atoms with Gasteiger partial charge in [0.25, 0.3) is 0 Å². The van der Waals surface area contributed by atoms with E-state index in [9.17, 15) is 0 Å². The smallest absolute Gasteiger partial charge is 0.132 e. The zero-order valence-electron chi connectivity index (χ0n) is 9.72. The van der Waals surface area contributed by atoms with Crippen LogP contribution in [0, 0.1) is 5.92 Å². The molecular weight excluding hydrogens is 218 g/mol. The lowest BCUT2D eigenvalue weighted by molar-refractivity contribution is 0.175. The number of nitrogens with zero attached hydrogens (tertiary/aromatic N) is 1. The molecule has 1 aliphatic carbocycles. The third kappa shape index (κ3) is 1.84. The fraction of sp³-hybridized carbons (Fsp3) is 0.462. The van der Waals surface area contributed by atoms with Crippen molar-refractivity contribution in [1.29, 1.82) is 0 Å². The summed E-state index contributed by atoms with van der Waals surface area (Å²) in [5.41, 5.74) is 1.58. The van der Waals surface area contributed by atoms with E-state index in [2.05, 4.69) is 5.16 Å². The molecule has 1 aliphatic heterocycles. The number of hydrogen-bond acceptors (Lipinski definition) is 4. The third-order valence-electron chi connectivity index (χ3n) is 3.44. The van der Waals surface area contributed by atoms with Crippen LogP contribution in [0.15, 0.2) is 23.4 Å². The van der Waals surface area contributed by atoms with Crippen LogP contribution in [0.25, 0.3) is 0 Å². The van der Waals surface area contributed by atoms with Crippen molar-refractivity contribution in [3.63, 3.8) is 0 Å². The van der Waals surface area contributed by atoms with Crippen molar-refractivity contribution in [1.82, 2.24) is 0 Å². The monoisotopic (exact) mass is 233 g/mol. The molecule has 1 aromatic rings. The number of rotatable bonds is 2. The quantitative estimate of drug-likeness (QED) is 0.630. The van der Waals surface area contributed by atoms with E-state index in [0.29, 0.717) is 18.1 Å². The van der Waals surface area contributed by atoms with Crippen LogP contribution >= 0.6 is 0 Å². The van der Waals surface area contributed by atoms with Crippen molar-refractivity contribution in [2.24, 2.45) is 11.1 Å². The molecule has 1 saturated carbocycles. The SMILES string of the molecule is COc1ccc2c(c1)O[C@H](C1CC1)C/C2=N/O. The van der Waals surface area contributed by atoms with E-state index in [1.807, 2.05) is 18.2 Å². The van der Waals surface area contributed by atoms with E-state index in [-0.39, 0.29) is 6.10 Å². The summed E-state index contributed by atoms with van der Waals surface area (Å²) in [5.74, 6) is 2.14. The zero-order valence-corrected chi connectivity index (χ0v) is 9.72. The highest BCUT2D eigenvalue weighted by atomic mass is 16.5. The molecule has 1 fully saturated rings. The molecule has 0 saturated heterocycles. The van der Waals surface area contributed by atoms with Gasteiger partial charge in [0.2, 0.25) is 0 Å². The predicted octanol–water partition coefficient (Wildman–Crippen LogP) is 2.43. The number of methoxy groups -OCH3 is 1. The van der Waals surface area contributed by atoms with Crippen molar-refractivity contribution in [2.75, 3.05) is 7.11 Å². The second-order valence-electron chi connectivity index (χ2n) is 4.61. The average Bonchev–Trinajstić information content (AvgIpc) is 3.20. The van der Waals surface area contributed by atoms with Gasteiger partial charge in [-0.2, -0.15) is 0 Å². The van der Waals surface area contributed by atoms with Crippen molar-refractivity contribution in [3.8, 4) is 11.5 Å². The summed E-state index contributed by atoms with van der Waals surface area (Å²) in [6, 6.07) is 5.59. The largest absolute Gasteiger partial charge is 0.497 e. The summed E-state index contributed by atoms with van der Waals surface area (Å²) >= 11 is 0. The summed E-state index contributed by atoms with van der Waals surface area (Å²) in [4.78, 5) is 0. The molecule has 1 heterocycles. The summed E-state index contributed by atoms with van der Waals surface area (Å²) in [6.45, 7) is 0. The maximum atomic E-state index is 9.09. The minimum absolute atomic E-state index is 0.153. The number of oxime groups is 1. The molecule has 4 nitrogen and oxygen atoms in total. The molecule has 0 amide bonds. The molecule has 4 heteroatoms. The molecule has 0 radical (unpaired) electrons. The van der Waals surface area contributed by atoms with Gasteiger partial charge < -0.3 is 14.7 Å². The Morgan fingerprint density at radius 2 is 2.24 bits per heavy atom.